The van der Waals surface area contributed by atoms with Crippen LogP contribution in [0.4, 0.5) is 17.6 Å². The molecular weight excluding hydrogens is 1340 g/mol. The van der Waals surface area contributed by atoms with E-state index in [1.165, 1.54) is 78.7 Å². The lowest BCUT2D eigenvalue weighted by atomic mass is 9.78. The molecule has 0 aromatic rings. The van der Waals surface area contributed by atoms with Gasteiger partial charge in [-0.3, -0.25) is 57.5 Å². The van der Waals surface area contributed by atoms with Gasteiger partial charge >= 0.3 is 6.18 Å². The van der Waals surface area contributed by atoms with Gasteiger partial charge < -0.3 is 64.8 Å². The molecule has 3 saturated heterocycles. The van der Waals surface area contributed by atoms with E-state index >= 15 is 28.8 Å². The average molecular weight is 1450 g/mol. The van der Waals surface area contributed by atoms with Gasteiger partial charge in [0, 0.05) is 74.3 Å². The van der Waals surface area contributed by atoms with Crippen molar-refractivity contribution in [3.05, 3.63) is 0 Å². The molecule has 0 bridgehead atoms. The van der Waals surface area contributed by atoms with Crippen molar-refractivity contribution in [3.8, 4) is 0 Å². The van der Waals surface area contributed by atoms with Crippen molar-refractivity contribution in [3.63, 3.8) is 0 Å². The van der Waals surface area contributed by atoms with Gasteiger partial charge in [-0.1, -0.05) is 59.8 Å². The number of carbonyl (C=O) groups is 12. The Balaban J connectivity index is 1.27. The van der Waals surface area contributed by atoms with Crippen LogP contribution >= 0.6 is 11.6 Å². The van der Waals surface area contributed by atoms with E-state index in [1.807, 2.05) is 20.8 Å². The summed E-state index contributed by atoms with van der Waals surface area (Å²) in [6.45, 7) is 6.19. The Morgan fingerprint density at radius 1 is 0.624 bits per heavy atom. The van der Waals surface area contributed by atoms with Crippen molar-refractivity contribution >= 4 is 82.5 Å². The largest absolute Gasteiger partial charge is 0.393 e. The Labute approximate surface area is 598 Å². The molecule has 4 aliphatic carbocycles. The predicted molar refractivity (Wildman–Crippen MR) is 367 cm³/mol. The Hall–Kier alpha value is -6.39. The van der Waals surface area contributed by atoms with E-state index in [2.05, 4.69) is 16.0 Å². The lowest BCUT2D eigenvalue weighted by Gasteiger charge is -2.42. The molecule has 4 saturated carbocycles. The van der Waals surface area contributed by atoms with Gasteiger partial charge in [0.05, 0.1) is 45.2 Å². The van der Waals surface area contributed by atoms with Crippen LogP contribution in [0.2, 0.25) is 0 Å². The first-order valence-corrected chi connectivity index (χ1v) is 37.3. The van der Waals surface area contributed by atoms with Gasteiger partial charge in [0.2, 0.25) is 70.9 Å². The first kappa shape index (κ1) is 81.9. The molecule has 7 fully saturated rings. The zero-order valence-corrected chi connectivity index (χ0v) is 62.1. The molecule has 3 heterocycles. The summed E-state index contributed by atoms with van der Waals surface area (Å²) in [6, 6.07) is -8.89. The first-order valence-electron chi connectivity index (χ1n) is 36.8. The van der Waals surface area contributed by atoms with Crippen LogP contribution in [0.1, 0.15) is 175 Å². The standard InChI is InChI=1S/C71H113ClF4N12O13/c1-12-44(4)60-67(98)82(7)41-58(91)80(5)42-59(92)84(9)54(38-46-21-25-48(73)26-22-46)65(96)81(6)40-56(89)77-51(28-24-45-23-27-49(50(72)37-45)71(74,75)76)64(95)88-31-17-20-52(88)63(94)79-70(29-15-16-30-70)69(100)86(11)61(47-18-13-14-19-47)68(99)85(10)55(66(97)87-32-34-101-35-33-87)39-57(90)83(8)53(36-43(2)3)62(93)78-60/h43-55,60-61H,12-42H2,1-11H3,(H,77,89)(H,78,93)(H,79,94)/t44-,45?,46?,48?,49?,50?,51-,52-,53-,54-,55-,60-,61-/m0/s1. The molecule has 570 valence electrons. The number of nitrogens with one attached hydrogen (secondary N) is 3. The highest BCUT2D eigenvalue weighted by Gasteiger charge is 2.52. The van der Waals surface area contributed by atoms with Crippen molar-refractivity contribution in [2.45, 2.75) is 241 Å². The number of ether oxygens (including phenoxy) is 1. The van der Waals surface area contributed by atoms with E-state index in [0.717, 1.165) is 27.5 Å². The summed E-state index contributed by atoms with van der Waals surface area (Å²) in [7, 11) is 9.77. The Bertz CT molecular complexity index is 2940. The highest BCUT2D eigenvalue weighted by atomic mass is 35.5. The van der Waals surface area contributed by atoms with Gasteiger partial charge in [0.15, 0.2) is 0 Å². The number of alkyl halides is 5. The highest BCUT2D eigenvalue weighted by Crippen LogP contribution is 2.44. The molecule has 101 heavy (non-hydrogen) atoms. The molecule has 7 aliphatic rings. The second-order valence-corrected chi connectivity index (χ2v) is 31.1. The first-order chi connectivity index (χ1) is 47.6. The fourth-order valence-electron chi connectivity index (χ4n) is 16.3. The molecule has 0 aromatic carbocycles. The van der Waals surface area contributed by atoms with Crippen molar-refractivity contribution in [2.24, 2.45) is 35.5 Å². The molecule has 7 rings (SSSR count). The minimum atomic E-state index is -4.53. The van der Waals surface area contributed by atoms with Crippen LogP contribution in [-0.4, -0.2) is 282 Å². The van der Waals surface area contributed by atoms with E-state index in [-0.39, 0.29) is 128 Å². The lowest BCUT2D eigenvalue weighted by Crippen LogP contribution is -2.65. The predicted octanol–water partition coefficient (Wildman–Crippen LogP) is 4.89. The maximum absolute atomic E-state index is 15.7. The molecule has 0 aromatic heterocycles. The Morgan fingerprint density at radius 2 is 1.23 bits per heavy atom. The average Bonchev–Trinajstić information content (AvgIpc) is 1.75. The molecule has 3 N–H and O–H groups in total. The summed E-state index contributed by atoms with van der Waals surface area (Å²) >= 11 is 6.39. The number of morpholine rings is 1. The van der Waals surface area contributed by atoms with E-state index in [1.54, 1.807) is 6.92 Å². The third-order valence-corrected chi connectivity index (χ3v) is 23.4. The fraction of sp³-hybridized carbons (Fsp3) is 0.831. The molecule has 30 heteroatoms. The van der Waals surface area contributed by atoms with Crippen LogP contribution in [0.15, 0.2) is 0 Å². The number of carbonyl (C=O) groups excluding carboxylic acids is 12. The van der Waals surface area contributed by atoms with Gasteiger partial charge in [-0.15, -0.1) is 11.6 Å². The van der Waals surface area contributed by atoms with Crippen molar-refractivity contribution in [2.75, 3.05) is 102 Å². The number of hydrogen-bond acceptors (Lipinski definition) is 13. The number of nitrogens with zero attached hydrogens (tertiary/aromatic N) is 9. The minimum Gasteiger partial charge on any atom is -0.378 e. The van der Waals surface area contributed by atoms with Crippen LogP contribution in [0.25, 0.3) is 0 Å². The van der Waals surface area contributed by atoms with Crippen molar-refractivity contribution in [1.29, 1.82) is 0 Å². The van der Waals surface area contributed by atoms with Crippen LogP contribution in [0.3, 0.4) is 0 Å². The molecular formula is C71H113ClF4N12O13. The van der Waals surface area contributed by atoms with Gasteiger partial charge in [-0.25, -0.2) is 4.39 Å². The summed E-state index contributed by atoms with van der Waals surface area (Å²) < 4.78 is 62.2. The number of halogens is 5. The minimum absolute atomic E-state index is 0.0229. The third kappa shape index (κ3) is 20.7. The number of rotatable bonds is 11. The second-order valence-electron chi connectivity index (χ2n) is 30.6. The molecule has 12 amide bonds. The zero-order valence-electron chi connectivity index (χ0n) is 61.3. The van der Waals surface area contributed by atoms with Gasteiger partial charge in [0.25, 0.3) is 0 Å². The summed E-state index contributed by atoms with van der Waals surface area (Å²) in [6.07, 6.45) is -0.103. The van der Waals surface area contributed by atoms with E-state index < -0.39 is 180 Å². The fourth-order valence-corrected chi connectivity index (χ4v) is 16.8. The van der Waals surface area contributed by atoms with Crippen LogP contribution in [0, 0.1) is 35.5 Å². The summed E-state index contributed by atoms with van der Waals surface area (Å²) in [5.41, 5.74) is -1.58. The second kappa shape index (κ2) is 36.4. The van der Waals surface area contributed by atoms with Crippen LogP contribution in [-0.2, 0) is 62.3 Å². The maximum Gasteiger partial charge on any atom is 0.393 e. The smallest absolute Gasteiger partial charge is 0.378 e. The zero-order chi connectivity index (χ0) is 74.5. The van der Waals surface area contributed by atoms with Gasteiger partial charge in [0.1, 0.15) is 54.0 Å². The summed E-state index contributed by atoms with van der Waals surface area (Å²) in [5.74, 6) is -11.5. The number of likely N-dealkylation sites (N-methyl/N-ethyl adjacent to an activating group) is 7. The summed E-state index contributed by atoms with van der Waals surface area (Å²) in [5, 5.41) is 7.50. The highest BCUT2D eigenvalue weighted by molar-refractivity contribution is 6.21. The van der Waals surface area contributed by atoms with Crippen molar-refractivity contribution < 1.29 is 79.8 Å². The maximum atomic E-state index is 15.7. The SMILES string of the molecule is CC[C@H](C)[C@@H]1NC(=O)[C@H](CC(C)C)N(C)C(=O)C[C@@H](C(=O)N2CCOCC2)N(C)C(=O)[C@H](C2CCCC2)N(C)C(=O)C2(CCCC2)NC(=O)[C@@H]2CCCN2C(=O)[C@H](CCC2CCC(C(F)(F)F)C(Cl)C2)NC(=O)CN(C)C(=O)[C@H](CC2CCC(F)CC2)N(C)C(=O)CN(C)C(=O)CN(C)C1=O. The topological polar surface area (TPSA) is 279 Å². The van der Waals surface area contributed by atoms with E-state index in [4.69, 9.17) is 16.3 Å². The molecule has 3 aliphatic heterocycles. The molecule has 11 atom stereocenters. The normalized spacial score (nSPS) is 31.1. The van der Waals surface area contributed by atoms with Gasteiger partial charge in [-0.05, 0) is 139 Å². The van der Waals surface area contributed by atoms with Gasteiger partial charge in [-0.2, -0.15) is 13.2 Å². The van der Waals surface area contributed by atoms with E-state index in [0.29, 0.717) is 51.4 Å². The monoisotopic (exact) mass is 1450 g/mol. The van der Waals surface area contributed by atoms with E-state index in [9.17, 15) is 46.3 Å². The quantitative estimate of drug-likeness (QED) is 0.184. The Kier molecular flexibility index (Phi) is 29.5. The Morgan fingerprint density at radius 3 is 1.83 bits per heavy atom. The van der Waals surface area contributed by atoms with Crippen LogP contribution in [0.5, 0.6) is 0 Å². The van der Waals surface area contributed by atoms with Crippen molar-refractivity contribution in [1.82, 2.24) is 60.0 Å². The molecule has 25 nitrogen and oxygen atoms in total. The number of hydrogen-bond donors (Lipinski definition) is 3. The number of fused-ring (bicyclic) bond motifs is 1. The molecule has 3 unspecified atom stereocenters. The molecule has 1 spiro atoms. The lowest BCUT2D eigenvalue weighted by molar-refractivity contribution is -0.182. The molecule has 0 radical (unpaired) electrons. The summed E-state index contributed by atoms with van der Waals surface area (Å²) in [4.78, 5) is 190. The number of amides is 12. The van der Waals surface area contributed by atoms with Crippen LogP contribution < -0.4 is 16.0 Å². The third-order valence-electron chi connectivity index (χ3n) is 22.9.